The smallest absolute Gasteiger partial charge is 0.335 e. The van der Waals surface area contributed by atoms with Crippen molar-refractivity contribution in [2.45, 2.75) is 95.4 Å². The van der Waals surface area contributed by atoms with Crippen LogP contribution < -0.4 is 43.9 Å². The Morgan fingerprint density at radius 2 is 0.698 bits per heavy atom. The van der Waals surface area contributed by atoms with Crippen molar-refractivity contribution in [2.24, 2.45) is 20.4 Å². The standard InChI is InChI=1S/C23H25N5O4.C22H22N4O4.C19H17N5O4.C19H18N4O3/c1-14(24-25-21(29)16-7-6-8-19(13-16)28(31)32)20-15(2)26-27(22(20)30)18-11-9-17(10-12-18)23(3,4)5;1-12-8-9-18(10-13(12)2)26-21(28)19(15(4)25-26)14(3)23-24-20(27)16-6-5-7-17(11-16)22(29)30;1-12(20-21-18(25)14-7-6-10-16(11-14)24(27)28)17-13(2)22-23(19(17)26)15-8-4-3-5-9-15;1-12(20-21-18(25)15-10-6-7-11-16(15)24)17-13(2)22-23(19(17)26)14-8-4-3-5-9-14/h6-13,26H,1-5H3,(H,25,29);5-11,25H,1-4H3,(H,24,27)(H,29,30);3-11,22H,1-2H3,(H,21,25);3-11,22,24H,1-2H3,(H,21,25). The number of para-hydroxylation sites is 3. The lowest BCUT2D eigenvalue weighted by Gasteiger charge is -2.19. The van der Waals surface area contributed by atoms with E-state index in [0.29, 0.717) is 90.6 Å². The average Bonchev–Trinajstić information content (AvgIpc) is 1.68. The number of aryl methyl sites for hydroxylation is 6. The Morgan fingerprint density at radius 3 is 1.05 bits per heavy atom. The number of carboxylic acid groups (broad SMARTS) is 1. The van der Waals surface area contributed by atoms with Crippen LogP contribution in [0.3, 0.4) is 0 Å². The fourth-order valence-corrected chi connectivity index (χ4v) is 11.7. The highest BCUT2D eigenvalue weighted by Crippen LogP contribution is 2.24. The second-order valence-corrected chi connectivity index (χ2v) is 27.3. The molecule has 12 aromatic rings. The number of nitro benzene ring substituents is 2. The van der Waals surface area contributed by atoms with Gasteiger partial charge in [-0.3, -0.25) is 79.0 Å². The minimum Gasteiger partial charge on any atom is -0.507 e. The van der Waals surface area contributed by atoms with Crippen LogP contribution >= 0.6 is 0 Å². The number of aromatic hydroxyl groups is 1. The molecule has 0 aliphatic rings. The Labute approximate surface area is 661 Å². The lowest BCUT2D eigenvalue weighted by molar-refractivity contribution is -0.385. The number of hydrogen-bond acceptors (Lipinski definition) is 18. The highest BCUT2D eigenvalue weighted by atomic mass is 16.6. The van der Waals surface area contributed by atoms with Gasteiger partial charge < -0.3 is 10.2 Å². The maximum Gasteiger partial charge on any atom is 0.335 e. The van der Waals surface area contributed by atoms with Crippen LogP contribution in [0.1, 0.15) is 162 Å². The van der Waals surface area contributed by atoms with Crippen molar-refractivity contribution in [3.05, 3.63) is 351 Å². The number of rotatable bonds is 19. The van der Waals surface area contributed by atoms with E-state index in [0.717, 1.165) is 28.8 Å². The Kier molecular flexibility index (Phi) is 26.9. The highest BCUT2D eigenvalue weighted by Gasteiger charge is 2.23. The number of aromatic nitrogens is 8. The van der Waals surface area contributed by atoms with Crippen LogP contribution in [-0.4, -0.2) is 112 Å². The fraction of sp³-hybridized carbons (Fsp3) is 0.169. The van der Waals surface area contributed by atoms with Crippen molar-refractivity contribution in [1.82, 2.24) is 60.8 Å². The van der Waals surface area contributed by atoms with E-state index in [1.807, 2.05) is 105 Å². The first-order valence-electron chi connectivity index (χ1n) is 35.6. The highest BCUT2D eigenvalue weighted by molar-refractivity contribution is 6.05. The van der Waals surface area contributed by atoms with Gasteiger partial charge in [0.2, 0.25) is 0 Å². The van der Waals surface area contributed by atoms with E-state index in [-0.39, 0.29) is 72.6 Å². The quantitative estimate of drug-likeness (QED) is 0.0204. The molecule has 116 heavy (non-hydrogen) atoms. The summed E-state index contributed by atoms with van der Waals surface area (Å²) in [7, 11) is 0. The first kappa shape index (κ1) is 84.4. The molecule has 0 bridgehead atoms. The number of hydrogen-bond donors (Lipinski definition) is 10. The number of amides is 4. The summed E-state index contributed by atoms with van der Waals surface area (Å²) in [5.41, 5.74) is 19.7. The zero-order valence-electron chi connectivity index (χ0n) is 65.2. The van der Waals surface area contributed by atoms with Crippen molar-refractivity contribution in [3.63, 3.8) is 0 Å². The van der Waals surface area contributed by atoms with Gasteiger partial charge in [0.1, 0.15) is 5.75 Å². The van der Waals surface area contributed by atoms with Crippen molar-refractivity contribution in [2.75, 3.05) is 0 Å². The zero-order chi connectivity index (χ0) is 84.6. The molecule has 12 rings (SSSR count). The van der Waals surface area contributed by atoms with E-state index >= 15 is 0 Å². The largest absolute Gasteiger partial charge is 0.507 e. The number of hydrazone groups is 4. The Hall–Kier alpha value is -15.6. The number of nitro groups is 2. The van der Waals surface area contributed by atoms with Crippen LogP contribution in [0.25, 0.3) is 22.7 Å². The summed E-state index contributed by atoms with van der Waals surface area (Å²) in [5, 5.41) is 68.6. The molecule has 0 aliphatic heterocycles. The lowest BCUT2D eigenvalue weighted by Crippen LogP contribution is -2.23. The second-order valence-electron chi connectivity index (χ2n) is 27.3. The molecule has 33 heteroatoms. The van der Waals surface area contributed by atoms with E-state index < -0.39 is 39.4 Å². The number of carboxylic acids is 1. The monoisotopic (exact) mass is 1570 g/mol. The molecule has 0 radical (unpaired) electrons. The predicted octanol–water partition coefficient (Wildman–Crippen LogP) is 11.6. The molecule has 0 aliphatic carbocycles. The Balaban J connectivity index is 0.000000177. The first-order chi connectivity index (χ1) is 55.0. The topological polar surface area (TPSA) is 461 Å². The summed E-state index contributed by atoms with van der Waals surface area (Å²) in [6.07, 6.45) is 0. The van der Waals surface area contributed by atoms with Gasteiger partial charge >= 0.3 is 5.97 Å². The third-order valence-corrected chi connectivity index (χ3v) is 18.0. The van der Waals surface area contributed by atoms with E-state index in [9.17, 15) is 68.5 Å². The van der Waals surface area contributed by atoms with Gasteiger partial charge in [-0.05, 0) is 182 Å². The van der Waals surface area contributed by atoms with Gasteiger partial charge in [-0.25, -0.2) is 45.2 Å². The van der Waals surface area contributed by atoms with Crippen LogP contribution in [0.15, 0.2) is 240 Å². The van der Waals surface area contributed by atoms with Crippen LogP contribution in [0.5, 0.6) is 5.75 Å². The fourth-order valence-electron chi connectivity index (χ4n) is 11.7. The van der Waals surface area contributed by atoms with Crippen LogP contribution in [0.2, 0.25) is 0 Å². The third-order valence-electron chi connectivity index (χ3n) is 18.0. The number of nitrogens with zero attached hydrogens (tertiary/aromatic N) is 10. The van der Waals surface area contributed by atoms with Crippen LogP contribution in [0, 0.1) is 61.8 Å². The zero-order valence-corrected chi connectivity index (χ0v) is 65.2. The van der Waals surface area contributed by atoms with E-state index in [2.05, 4.69) is 83.3 Å². The normalized spacial score (nSPS) is 11.5. The third kappa shape index (κ3) is 20.3. The minimum absolute atomic E-state index is 0.000932. The molecule has 4 heterocycles. The van der Waals surface area contributed by atoms with E-state index in [1.54, 1.807) is 79.7 Å². The van der Waals surface area contributed by atoms with Gasteiger partial charge in [0.15, 0.2) is 0 Å². The molecule has 4 aromatic heterocycles. The molecule has 0 saturated heterocycles. The van der Waals surface area contributed by atoms with Gasteiger partial charge in [-0.2, -0.15) is 20.4 Å². The van der Waals surface area contributed by atoms with Crippen molar-refractivity contribution < 1.29 is 44.0 Å². The van der Waals surface area contributed by atoms with Gasteiger partial charge in [-0.15, -0.1) is 0 Å². The maximum absolute atomic E-state index is 13.0. The van der Waals surface area contributed by atoms with Gasteiger partial charge in [-0.1, -0.05) is 106 Å². The predicted molar refractivity (Wildman–Crippen MR) is 439 cm³/mol. The van der Waals surface area contributed by atoms with Crippen LogP contribution in [-0.2, 0) is 5.41 Å². The molecule has 8 aromatic carbocycles. The molecular formula is C83H82N18O15. The van der Waals surface area contributed by atoms with Crippen LogP contribution in [0.4, 0.5) is 11.4 Å². The summed E-state index contributed by atoms with van der Waals surface area (Å²) in [4.78, 5) is 132. The second kappa shape index (κ2) is 37.0. The average molecular weight is 1570 g/mol. The van der Waals surface area contributed by atoms with Gasteiger partial charge in [0.05, 0.1) is 88.8 Å². The maximum atomic E-state index is 13.0. The number of non-ortho nitro benzene ring substituents is 2. The van der Waals surface area contributed by atoms with E-state index in [1.165, 1.54) is 91.5 Å². The minimum atomic E-state index is -1.13. The molecule has 0 fully saturated rings. The number of nitrogens with one attached hydrogen (secondary N) is 8. The number of benzene rings is 8. The summed E-state index contributed by atoms with van der Waals surface area (Å²) in [5.74, 6) is -3.61. The SMILES string of the molecule is CC(=NNC(=O)c1cccc(C(=O)O)c1)c1c(C)[nH]n(-c2ccc(C)c(C)c2)c1=O.CC(=NNC(=O)c1cccc([N+](=O)[O-])c1)c1c(C)[nH]n(-c2ccc(C(C)(C)C)cc2)c1=O.CC(=NNC(=O)c1cccc([N+](=O)[O-])c1)c1c(C)[nH]n(-c2ccccc2)c1=O.CC(=NNC(=O)c1ccccc1O)c1c(C)[nH]n(-c2ccccc2)c1=O. The van der Waals surface area contributed by atoms with Gasteiger partial charge in [0.25, 0.3) is 57.2 Å². The molecule has 4 amide bonds. The number of carbonyl (C=O) groups excluding carboxylic acids is 4. The number of aromatic carboxylic acids is 1. The number of phenols is 1. The first-order valence-corrected chi connectivity index (χ1v) is 35.6. The molecule has 0 atom stereocenters. The van der Waals surface area contributed by atoms with Crippen molar-refractivity contribution >= 4 is 63.8 Å². The summed E-state index contributed by atoms with van der Waals surface area (Å²) >= 11 is 0. The summed E-state index contributed by atoms with van der Waals surface area (Å²) in [6, 6.07) is 54.1. The summed E-state index contributed by atoms with van der Waals surface area (Å²) < 4.78 is 5.69. The molecule has 0 unspecified atom stereocenters. The number of phenolic OH excluding ortho intramolecular Hbond substituents is 1. The number of aromatic amines is 4. The van der Waals surface area contributed by atoms with Crippen molar-refractivity contribution in [1.29, 1.82) is 0 Å². The Morgan fingerprint density at radius 1 is 0.379 bits per heavy atom. The molecule has 0 saturated carbocycles. The van der Waals surface area contributed by atoms with Crippen molar-refractivity contribution in [3.8, 4) is 28.5 Å². The molecule has 10 N–H and O–H groups in total. The molecular weight excluding hydrogens is 1490 g/mol. The van der Waals surface area contributed by atoms with Gasteiger partial charge in [0, 0.05) is 63.7 Å². The summed E-state index contributed by atoms with van der Waals surface area (Å²) in [6.45, 7) is 23.8. The Bertz CT molecular complexity index is 6140. The molecule has 594 valence electrons. The molecule has 33 nitrogen and oxygen atoms in total. The lowest BCUT2D eigenvalue weighted by atomic mass is 9.87. The number of carbonyl (C=O) groups is 5. The molecule has 0 spiro atoms. The van der Waals surface area contributed by atoms with E-state index in [4.69, 9.17) is 5.11 Å². The number of H-pyrrole nitrogens is 4.